The second-order valence-corrected chi connectivity index (χ2v) is 5.65. The number of nitrogens with one attached hydrogen (secondary N) is 1. The van der Waals surface area contributed by atoms with E-state index < -0.39 is 5.54 Å². The van der Waals surface area contributed by atoms with E-state index >= 15 is 0 Å². The molecule has 0 heterocycles. The van der Waals surface area contributed by atoms with E-state index in [-0.39, 0.29) is 11.9 Å². The van der Waals surface area contributed by atoms with Gasteiger partial charge in [0.1, 0.15) is 5.54 Å². The molecule has 1 N–H and O–H groups in total. The van der Waals surface area contributed by atoms with Gasteiger partial charge in [0.25, 0.3) is 0 Å². The number of carbonyl (C=O) groups excluding carboxylic acids is 2. The zero-order chi connectivity index (χ0) is 13.7. The summed E-state index contributed by atoms with van der Waals surface area (Å²) >= 11 is 0. The summed E-state index contributed by atoms with van der Waals surface area (Å²) in [4.78, 5) is 24.2. The van der Waals surface area contributed by atoms with Crippen molar-refractivity contribution in [1.82, 2.24) is 5.32 Å². The number of hydrogen-bond donors (Lipinski definition) is 1. The molecule has 0 saturated heterocycles. The Morgan fingerprint density at radius 1 is 1.32 bits per heavy atom. The zero-order valence-electron chi connectivity index (χ0n) is 11.6. The van der Waals surface area contributed by atoms with Gasteiger partial charge in [0, 0.05) is 6.42 Å². The SMILES string of the molecule is COC(=O)C1(NC(=O)C[C@@H]2C=CCC2)CCCCC1. The van der Waals surface area contributed by atoms with Crippen LogP contribution in [0, 0.1) is 5.92 Å². The fraction of sp³-hybridized carbons (Fsp3) is 0.733. The maximum absolute atomic E-state index is 12.1. The highest BCUT2D eigenvalue weighted by Crippen LogP contribution is 2.30. The largest absolute Gasteiger partial charge is 0.467 e. The molecule has 1 amide bonds. The van der Waals surface area contributed by atoms with Crippen LogP contribution in [0.25, 0.3) is 0 Å². The molecule has 0 bridgehead atoms. The van der Waals surface area contributed by atoms with Crippen LogP contribution in [0.1, 0.15) is 51.4 Å². The molecule has 0 radical (unpaired) electrons. The molecule has 1 saturated carbocycles. The highest BCUT2D eigenvalue weighted by atomic mass is 16.5. The number of hydrogen-bond acceptors (Lipinski definition) is 3. The van der Waals surface area contributed by atoms with Crippen LogP contribution in [0.2, 0.25) is 0 Å². The number of allylic oxidation sites excluding steroid dienone is 2. The van der Waals surface area contributed by atoms with Gasteiger partial charge in [-0.15, -0.1) is 0 Å². The average Bonchev–Trinajstić information content (AvgIpc) is 2.91. The van der Waals surface area contributed by atoms with E-state index in [0.717, 1.165) is 32.1 Å². The fourth-order valence-electron chi connectivity index (χ4n) is 3.15. The lowest BCUT2D eigenvalue weighted by molar-refractivity contribution is -0.152. The Balaban J connectivity index is 1.96. The number of carbonyl (C=O) groups is 2. The van der Waals surface area contributed by atoms with Crippen LogP contribution in [-0.2, 0) is 14.3 Å². The van der Waals surface area contributed by atoms with Crippen LogP contribution >= 0.6 is 0 Å². The molecule has 0 aromatic rings. The fourth-order valence-corrected chi connectivity index (χ4v) is 3.15. The summed E-state index contributed by atoms with van der Waals surface area (Å²) in [5.41, 5.74) is -0.771. The van der Waals surface area contributed by atoms with E-state index in [1.807, 2.05) is 0 Å². The number of esters is 1. The summed E-state index contributed by atoms with van der Waals surface area (Å²) in [6, 6.07) is 0. The lowest BCUT2D eigenvalue weighted by Gasteiger charge is -2.35. The summed E-state index contributed by atoms with van der Waals surface area (Å²) in [7, 11) is 1.39. The van der Waals surface area contributed by atoms with Gasteiger partial charge in [0.05, 0.1) is 7.11 Å². The van der Waals surface area contributed by atoms with Crippen LogP contribution in [0.4, 0.5) is 0 Å². The molecular weight excluding hydrogens is 242 g/mol. The quantitative estimate of drug-likeness (QED) is 0.627. The van der Waals surface area contributed by atoms with E-state index in [9.17, 15) is 9.59 Å². The predicted molar refractivity (Wildman–Crippen MR) is 72.5 cm³/mol. The number of rotatable bonds is 4. The number of amides is 1. The monoisotopic (exact) mass is 265 g/mol. The lowest BCUT2D eigenvalue weighted by atomic mass is 9.81. The Morgan fingerprint density at radius 3 is 2.63 bits per heavy atom. The molecule has 4 heteroatoms. The van der Waals surface area contributed by atoms with Gasteiger partial charge in [-0.25, -0.2) is 4.79 Å². The molecule has 0 spiro atoms. The number of ether oxygens (including phenoxy) is 1. The smallest absolute Gasteiger partial charge is 0.331 e. The van der Waals surface area contributed by atoms with Crippen LogP contribution in [0.5, 0.6) is 0 Å². The lowest BCUT2D eigenvalue weighted by Crippen LogP contribution is -2.56. The predicted octanol–water partition coefficient (Wildman–Crippen LogP) is 2.33. The van der Waals surface area contributed by atoms with E-state index in [1.54, 1.807) is 0 Å². The van der Waals surface area contributed by atoms with Gasteiger partial charge < -0.3 is 10.1 Å². The molecular formula is C15H23NO3. The van der Waals surface area contributed by atoms with Gasteiger partial charge in [0.15, 0.2) is 0 Å². The van der Waals surface area contributed by atoms with Crippen LogP contribution in [0.15, 0.2) is 12.2 Å². The summed E-state index contributed by atoms with van der Waals surface area (Å²) in [6.45, 7) is 0. The Morgan fingerprint density at radius 2 is 2.05 bits per heavy atom. The van der Waals surface area contributed by atoms with Crippen molar-refractivity contribution < 1.29 is 14.3 Å². The maximum atomic E-state index is 12.1. The van der Waals surface area contributed by atoms with Crippen LogP contribution < -0.4 is 5.32 Å². The summed E-state index contributed by atoms with van der Waals surface area (Å²) in [6.07, 6.45) is 11.3. The van der Waals surface area contributed by atoms with Gasteiger partial charge in [0.2, 0.25) is 5.91 Å². The minimum atomic E-state index is -0.771. The van der Waals surface area contributed by atoms with Crippen molar-refractivity contribution in [3.05, 3.63) is 12.2 Å². The second-order valence-electron chi connectivity index (χ2n) is 5.65. The van der Waals surface area contributed by atoms with Crippen molar-refractivity contribution in [3.8, 4) is 0 Å². The normalized spacial score (nSPS) is 25.0. The van der Waals surface area contributed by atoms with Crippen LogP contribution in [-0.4, -0.2) is 24.5 Å². The highest BCUT2D eigenvalue weighted by molar-refractivity contribution is 5.88. The van der Waals surface area contributed by atoms with Gasteiger partial charge in [-0.2, -0.15) is 0 Å². The van der Waals surface area contributed by atoms with Gasteiger partial charge >= 0.3 is 5.97 Å². The highest BCUT2D eigenvalue weighted by Gasteiger charge is 2.42. The topological polar surface area (TPSA) is 55.4 Å². The Kier molecular flexibility index (Phi) is 4.61. The molecule has 1 atom stereocenters. The third-order valence-electron chi connectivity index (χ3n) is 4.22. The molecule has 2 aliphatic rings. The number of methoxy groups -OCH3 is 1. The Labute approximate surface area is 114 Å². The molecule has 2 aliphatic carbocycles. The minimum Gasteiger partial charge on any atom is -0.467 e. The van der Waals surface area contributed by atoms with Crippen molar-refractivity contribution in [3.63, 3.8) is 0 Å². The Bertz CT molecular complexity index is 370. The second kappa shape index (κ2) is 6.22. The van der Waals surface area contributed by atoms with Crippen molar-refractivity contribution in [2.24, 2.45) is 5.92 Å². The van der Waals surface area contributed by atoms with Crippen LogP contribution in [0.3, 0.4) is 0 Å². The van der Waals surface area contributed by atoms with E-state index in [0.29, 0.717) is 25.2 Å². The minimum absolute atomic E-state index is 0.0242. The zero-order valence-corrected chi connectivity index (χ0v) is 11.6. The van der Waals surface area contributed by atoms with Crippen molar-refractivity contribution in [2.45, 2.75) is 56.9 Å². The van der Waals surface area contributed by atoms with Crippen molar-refractivity contribution >= 4 is 11.9 Å². The first kappa shape index (κ1) is 14.1. The third-order valence-corrected chi connectivity index (χ3v) is 4.22. The molecule has 2 rings (SSSR count). The van der Waals surface area contributed by atoms with E-state index in [4.69, 9.17) is 4.74 Å². The van der Waals surface area contributed by atoms with E-state index in [1.165, 1.54) is 7.11 Å². The molecule has 0 aliphatic heterocycles. The summed E-state index contributed by atoms with van der Waals surface area (Å²) in [5.74, 6) is 0.0182. The molecule has 0 aromatic heterocycles. The first-order valence-corrected chi connectivity index (χ1v) is 7.22. The molecule has 106 valence electrons. The van der Waals surface area contributed by atoms with Crippen molar-refractivity contribution in [1.29, 1.82) is 0 Å². The third kappa shape index (κ3) is 3.37. The standard InChI is InChI=1S/C15H23NO3/c1-19-14(18)15(9-5-2-6-10-15)16-13(17)11-12-7-3-4-8-12/h3,7,12H,2,4-6,8-11H2,1H3,(H,16,17)/t12-/m1/s1. The van der Waals surface area contributed by atoms with Gasteiger partial charge in [-0.1, -0.05) is 31.4 Å². The van der Waals surface area contributed by atoms with Gasteiger partial charge in [-0.3, -0.25) is 4.79 Å². The molecule has 0 aromatic carbocycles. The van der Waals surface area contributed by atoms with Gasteiger partial charge in [-0.05, 0) is 31.6 Å². The Hall–Kier alpha value is -1.32. The first-order chi connectivity index (χ1) is 9.16. The summed E-state index contributed by atoms with van der Waals surface area (Å²) < 4.78 is 4.90. The maximum Gasteiger partial charge on any atom is 0.331 e. The molecule has 19 heavy (non-hydrogen) atoms. The first-order valence-electron chi connectivity index (χ1n) is 7.22. The molecule has 0 unspecified atom stereocenters. The summed E-state index contributed by atoms with van der Waals surface area (Å²) in [5, 5.41) is 2.96. The average molecular weight is 265 g/mol. The van der Waals surface area contributed by atoms with E-state index in [2.05, 4.69) is 17.5 Å². The van der Waals surface area contributed by atoms with Crippen molar-refractivity contribution in [2.75, 3.05) is 7.11 Å². The molecule has 4 nitrogen and oxygen atoms in total. The molecule has 1 fully saturated rings.